The van der Waals surface area contributed by atoms with Crippen LogP contribution in [0.25, 0.3) is 0 Å². The second-order valence-corrected chi connectivity index (χ2v) is 3.92. The van der Waals surface area contributed by atoms with Crippen molar-refractivity contribution in [2.75, 3.05) is 14.2 Å². The number of benzene rings is 1. The third-order valence-electron chi connectivity index (χ3n) is 2.57. The number of carbonyl (C=O) groups is 1. The van der Waals surface area contributed by atoms with Gasteiger partial charge in [-0.25, -0.2) is 0 Å². The van der Waals surface area contributed by atoms with Crippen molar-refractivity contribution in [3.05, 3.63) is 23.8 Å². The summed E-state index contributed by atoms with van der Waals surface area (Å²) in [5, 5.41) is 0. The second-order valence-electron chi connectivity index (χ2n) is 3.92. The predicted octanol–water partition coefficient (Wildman–Crippen LogP) is 2.79. The van der Waals surface area contributed by atoms with E-state index >= 15 is 0 Å². The van der Waals surface area contributed by atoms with E-state index < -0.39 is 0 Å². The highest BCUT2D eigenvalue weighted by atomic mass is 16.5. The van der Waals surface area contributed by atoms with Crippen LogP contribution in [-0.4, -0.2) is 20.0 Å². The number of ether oxygens (including phenoxy) is 2. The van der Waals surface area contributed by atoms with E-state index in [1.807, 2.05) is 25.1 Å². The Kier molecular flexibility index (Phi) is 4.35. The number of rotatable bonds is 5. The molecular weight excluding hydrogens is 204 g/mol. The Morgan fingerprint density at radius 3 is 2.50 bits per heavy atom. The molecule has 3 nitrogen and oxygen atoms in total. The Labute approximate surface area is 96.4 Å². The number of hydrogen-bond acceptors (Lipinski definition) is 3. The van der Waals surface area contributed by atoms with E-state index in [-0.39, 0.29) is 11.7 Å². The summed E-state index contributed by atoms with van der Waals surface area (Å²) >= 11 is 0. The number of methoxy groups -OCH3 is 2. The van der Waals surface area contributed by atoms with E-state index in [2.05, 4.69) is 0 Å². The highest BCUT2D eigenvalue weighted by Crippen LogP contribution is 2.32. The molecule has 1 aromatic rings. The molecule has 0 saturated carbocycles. The molecule has 0 aromatic heterocycles. The number of Topliss-reactive ketones (excluding diaryl/α,β-unsaturated/α-hetero) is 1. The lowest BCUT2D eigenvalue weighted by Crippen LogP contribution is -2.02. The SMILES string of the molecule is COc1ccc(C(C)CC(C)=O)c(OC)c1. The van der Waals surface area contributed by atoms with Crippen molar-refractivity contribution in [3.63, 3.8) is 0 Å². The van der Waals surface area contributed by atoms with Gasteiger partial charge in [0.2, 0.25) is 0 Å². The maximum Gasteiger partial charge on any atom is 0.130 e. The zero-order valence-corrected chi connectivity index (χ0v) is 10.2. The maximum atomic E-state index is 11.1. The molecule has 1 aromatic carbocycles. The van der Waals surface area contributed by atoms with Gasteiger partial charge in [0.15, 0.2) is 0 Å². The van der Waals surface area contributed by atoms with E-state index in [1.165, 1.54) is 0 Å². The average molecular weight is 222 g/mol. The molecule has 1 atom stereocenters. The van der Waals surface area contributed by atoms with Crippen LogP contribution in [-0.2, 0) is 4.79 Å². The molecule has 1 rings (SSSR count). The molecule has 3 heteroatoms. The van der Waals surface area contributed by atoms with Crippen LogP contribution in [0.2, 0.25) is 0 Å². The summed E-state index contributed by atoms with van der Waals surface area (Å²) in [5.41, 5.74) is 1.04. The van der Waals surface area contributed by atoms with Crippen molar-refractivity contribution < 1.29 is 14.3 Å². The zero-order valence-electron chi connectivity index (χ0n) is 10.2. The van der Waals surface area contributed by atoms with E-state index in [0.29, 0.717) is 6.42 Å². The summed E-state index contributed by atoms with van der Waals surface area (Å²) in [6.45, 7) is 3.62. The average Bonchev–Trinajstić information content (AvgIpc) is 2.27. The molecule has 0 aliphatic rings. The first-order chi connectivity index (χ1) is 7.58. The molecule has 88 valence electrons. The summed E-state index contributed by atoms with van der Waals surface area (Å²) in [7, 11) is 3.24. The van der Waals surface area contributed by atoms with Gasteiger partial charge in [-0.3, -0.25) is 0 Å². The van der Waals surface area contributed by atoms with Crippen LogP contribution in [0.4, 0.5) is 0 Å². The van der Waals surface area contributed by atoms with Gasteiger partial charge in [0.1, 0.15) is 17.3 Å². The summed E-state index contributed by atoms with van der Waals surface area (Å²) in [5.74, 6) is 1.88. The number of ketones is 1. The topological polar surface area (TPSA) is 35.5 Å². The van der Waals surface area contributed by atoms with Crippen molar-refractivity contribution in [2.45, 2.75) is 26.2 Å². The van der Waals surface area contributed by atoms with Gasteiger partial charge >= 0.3 is 0 Å². The monoisotopic (exact) mass is 222 g/mol. The normalized spacial score (nSPS) is 12.0. The van der Waals surface area contributed by atoms with Crippen LogP contribution >= 0.6 is 0 Å². The Morgan fingerprint density at radius 2 is 2.00 bits per heavy atom. The molecule has 0 fully saturated rings. The molecule has 0 spiro atoms. The molecule has 0 amide bonds. The minimum atomic E-state index is 0.165. The summed E-state index contributed by atoms with van der Waals surface area (Å²) in [4.78, 5) is 11.1. The van der Waals surface area contributed by atoms with Crippen molar-refractivity contribution in [1.29, 1.82) is 0 Å². The van der Waals surface area contributed by atoms with Crippen molar-refractivity contribution in [1.82, 2.24) is 0 Å². The van der Waals surface area contributed by atoms with Gasteiger partial charge in [0.05, 0.1) is 14.2 Å². The first kappa shape index (κ1) is 12.6. The van der Waals surface area contributed by atoms with Crippen molar-refractivity contribution in [2.24, 2.45) is 0 Å². The first-order valence-electron chi connectivity index (χ1n) is 5.29. The van der Waals surface area contributed by atoms with Crippen LogP contribution in [0.1, 0.15) is 31.7 Å². The molecular formula is C13H18O3. The van der Waals surface area contributed by atoms with Gasteiger partial charge in [-0.1, -0.05) is 13.0 Å². The van der Waals surface area contributed by atoms with Gasteiger partial charge in [0, 0.05) is 12.5 Å². The zero-order chi connectivity index (χ0) is 12.1. The molecule has 1 unspecified atom stereocenters. The standard InChI is InChI=1S/C13H18O3/c1-9(7-10(2)14)12-6-5-11(15-3)8-13(12)16-4/h5-6,8-9H,7H2,1-4H3. The molecule has 0 saturated heterocycles. The van der Waals surface area contributed by atoms with E-state index in [0.717, 1.165) is 17.1 Å². The third kappa shape index (κ3) is 2.99. The number of carbonyl (C=O) groups excluding carboxylic acids is 1. The third-order valence-corrected chi connectivity index (χ3v) is 2.57. The summed E-state index contributed by atoms with van der Waals surface area (Å²) < 4.78 is 10.4. The van der Waals surface area contributed by atoms with Crippen LogP contribution in [0.5, 0.6) is 11.5 Å². The Bertz CT molecular complexity index is 371. The van der Waals surface area contributed by atoms with Crippen LogP contribution in [0, 0.1) is 0 Å². The Hall–Kier alpha value is -1.51. The highest BCUT2D eigenvalue weighted by Gasteiger charge is 2.13. The lowest BCUT2D eigenvalue weighted by molar-refractivity contribution is -0.117. The van der Waals surface area contributed by atoms with Gasteiger partial charge in [-0.05, 0) is 24.5 Å². The van der Waals surface area contributed by atoms with Crippen molar-refractivity contribution >= 4 is 5.78 Å². The fourth-order valence-electron chi connectivity index (χ4n) is 1.77. The summed E-state index contributed by atoms with van der Waals surface area (Å²) in [6.07, 6.45) is 0.530. The molecule has 0 N–H and O–H groups in total. The Morgan fingerprint density at radius 1 is 1.31 bits per heavy atom. The van der Waals surface area contributed by atoms with E-state index in [1.54, 1.807) is 21.1 Å². The Balaban J connectivity index is 2.98. The highest BCUT2D eigenvalue weighted by molar-refractivity contribution is 5.76. The molecule has 16 heavy (non-hydrogen) atoms. The van der Waals surface area contributed by atoms with Gasteiger partial charge in [-0.15, -0.1) is 0 Å². The fourth-order valence-corrected chi connectivity index (χ4v) is 1.77. The van der Waals surface area contributed by atoms with Gasteiger partial charge < -0.3 is 14.3 Å². The fraction of sp³-hybridized carbons (Fsp3) is 0.462. The van der Waals surface area contributed by atoms with Gasteiger partial charge in [-0.2, -0.15) is 0 Å². The minimum Gasteiger partial charge on any atom is -0.497 e. The van der Waals surface area contributed by atoms with Crippen LogP contribution in [0.3, 0.4) is 0 Å². The predicted molar refractivity (Wildman–Crippen MR) is 63.3 cm³/mol. The second kappa shape index (κ2) is 5.54. The molecule has 0 aliphatic carbocycles. The molecule has 0 aliphatic heterocycles. The van der Waals surface area contributed by atoms with E-state index in [9.17, 15) is 4.79 Å². The smallest absolute Gasteiger partial charge is 0.130 e. The lowest BCUT2D eigenvalue weighted by atomic mass is 9.95. The quantitative estimate of drug-likeness (QED) is 0.768. The lowest BCUT2D eigenvalue weighted by Gasteiger charge is -2.15. The molecule has 0 bridgehead atoms. The number of hydrogen-bond donors (Lipinski definition) is 0. The van der Waals surface area contributed by atoms with Crippen LogP contribution in [0.15, 0.2) is 18.2 Å². The molecule has 0 radical (unpaired) electrons. The van der Waals surface area contributed by atoms with Crippen molar-refractivity contribution in [3.8, 4) is 11.5 Å². The molecule has 0 heterocycles. The minimum absolute atomic E-state index is 0.165. The van der Waals surface area contributed by atoms with E-state index in [4.69, 9.17) is 9.47 Å². The largest absolute Gasteiger partial charge is 0.497 e. The summed E-state index contributed by atoms with van der Waals surface area (Å²) in [6, 6.07) is 5.67. The maximum absolute atomic E-state index is 11.1. The van der Waals surface area contributed by atoms with Crippen LogP contribution < -0.4 is 9.47 Å². The first-order valence-corrected chi connectivity index (χ1v) is 5.29. The van der Waals surface area contributed by atoms with Gasteiger partial charge in [0.25, 0.3) is 0 Å².